The number of nitrogens with zero attached hydrogens (tertiary/aromatic N) is 3. The Balaban J connectivity index is 1.79. The Hall–Kier alpha value is -4.51. The number of hydrogen-bond acceptors (Lipinski definition) is 8. The highest BCUT2D eigenvalue weighted by molar-refractivity contribution is 7.07. The number of carboxylic acids is 1. The number of hydrogen-bond donors (Lipinski definition) is 1. The van der Waals surface area contributed by atoms with Crippen molar-refractivity contribution in [2.45, 2.75) is 19.9 Å². The molecule has 0 radical (unpaired) electrons. The minimum absolute atomic E-state index is 0.109. The number of benzene rings is 2. The summed E-state index contributed by atoms with van der Waals surface area (Å²) in [6.07, 6.45) is 0. The number of fused-ring (bicyclic) bond motifs is 2. The molecule has 194 valence electrons. The standard InChI is InChI=1S/C27H23N3O7S/c1-4-37-26(35)20-14(2)28-27-30(22(20)15-9-11-16(36-3)12-10-15)25(34)23(38-27)21-17-7-5-6-8-18(17)29(24(21)33)13-19(31)32/h5-12,22H,4,13H2,1-3H3,(H,31,32)/b23-21-/t22-/m1/s1. The first-order valence-electron chi connectivity index (χ1n) is 11.8. The second kappa shape index (κ2) is 9.75. The Bertz CT molecular complexity index is 1700. The predicted octanol–water partition coefficient (Wildman–Crippen LogP) is 1.61. The van der Waals surface area contributed by atoms with Crippen molar-refractivity contribution in [3.05, 3.63) is 90.6 Å². The molecule has 0 fully saturated rings. The van der Waals surface area contributed by atoms with Gasteiger partial charge in [0.2, 0.25) is 0 Å². The van der Waals surface area contributed by atoms with Crippen molar-refractivity contribution in [1.29, 1.82) is 0 Å². The summed E-state index contributed by atoms with van der Waals surface area (Å²) < 4.78 is 12.1. The van der Waals surface area contributed by atoms with Crippen LogP contribution in [0.25, 0.3) is 5.57 Å². The van der Waals surface area contributed by atoms with Crippen LogP contribution in [-0.4, -0.2) is 47.8 Å². The summed E-state index contributed by atoms with van der Waals surface area (Å²) in [7, 11) is 1.54. The quantitative estimate of drug-likeness (QED) is 0.477. The van der Waals surface area contributed by atoms with Crippen molar-refractivity contribution in [2.75, 3.05) is 25.2 Å². The molecule has 1 atom stereocenters. The minimum Gasteiger partial charge on any atom is -0.497 e. The van der Waals surface area contributed by atoms with E-state index >= 15 is 0 Å². The van der Waals surface area contributed by atoms with E-state index in [2.05, 4.69) is 4.99 Å². The topological polar surface area (TPSA) is 128 Å². The van der Waals surface area contributed by atoms with Gasteiger partial charge in [0.1, 0.15) is 16.8 Å². The molecule has 0 aliphatic carbocycles. The van der Waals surface area contributed by atoms with E-state index in [1.54, 1.807) is 62.4 Å². The van der Waals surface area contributed by atoms with E-state index in [-0.39, 0.29) is 22.3 Å². The van der Waals surface area contributed by atoms with Gasteiger partial charge in [-0.3, -0.25) is 23.9 Å². The third-order valence-corrected chi connectivity index (χ3v) is 7.42. The predicted molar refractivity (Wildman–Crippen MR) is 139 cm³/mol. The number of ether oxygens (including phenoxy) is 2. The number of anilines is 1. The van der Waals surface area contributed by atoms with Gasteiger partial charge in [-0.25, -0.2) is 9.79 Å². The van der Waals surface area contributed by atoms with E-state index in [1.165, 1.54) is 11.7 Å². The molecule has 1 N–H and O–H groups in total. The van der Waals surface area contributed by atoms with Gasteiger partial charge < -0.3 is 14.6 Å². The number of carboxylic acid groups (broad SMARTS) is 1. The molecule has 1 amide bonds. The van der Waals surface area contributed by atoms with Crippen molar-refractivity contribution in [3.63, 3.8) is 0 Å². The highest BCUT2D eigenvalue weighted by atomic mass is 32.1. The second-order valence-corrected chi connectivity index (χ2v) is 9.55. The number of esters is 1. The second-order valence-electron chi connectivity index (χ2n) is 8.57. The lowest BCUT2D eigenvalue weighted by Crippen LogP contribution is -2.41. The van der Waals surface area contributed by atoms with Crippen LogP contribution >= 0.6 is 11.3 Å². The molecule has 10 nitrogen and oxygen atoms in total. The lowest BCUT2D eigenvalue weighted by Gasteiger charge is -2.24. The van der Waals surface area contributed by atoms with Crippen molar-refractivity contribution in [2.24, 2.45) is 4.99 Å². The van der Waals surface area contributed by atoms with Crippen LogP contribution in [0.4, 0.5) is 5.69 Å². The molecule has 2 aliphatic heterocycles. The maximum atomic E-state index is 14.0. The number of aromatic nitrogens is 1. The van der Waals surface area contributed by atoms with Crippen molar-refractivity contribution >= 4 is 40.4 Å². The number of allylic oxidation sites excluding steroid dienone is 1. The van der Waals surface area contributed by atoms with Gasteiger partial charge in [-0.1, -0.05) is 41.7 Å². The Morgan fingerprint density at radius 2 is 1.82 bits per heavy atom. The van der Waals surface area contributed by atoms with E-state index in [9.17, 15) is 24.3 Å². The maximum Gasteiger partial charge on any atom is 0.338 e. The van der Waals surface area contributed by atoms with Crippen LogP contribution < -0.4 is 24.5 Å². The average Bonchev–Trinajstić information content (AvgIpc) is 3.35. The zero-order chi connectivity index (χ0) is 27.1. The SMILES string of the molecule is CCOC(=O)C1=C(C)N=c2s/c(=C3\C(=O)N(CC(=O)O)c4ccccc43)c(=O)n2[C@@H]1c1ccc(OC)cc1. The summed E-state index contributed by atoms with van der Waals surface area (Å²) in [6, 6.07) is 12.9. The molecule has 0 saturated heterocycles. The number of amides is 1. The zero-order valence-corrected chi connectivity index (χ0v) is 21.6. The van der Waals surface area contributed by atoms with E-state index in [4.69, 9.17) is 9.47 Å². The van der Waals surface area contributed by atoms with Crippen LogP contribution in [0.2, 0.25) is 0 Å². The van der Waals surface area contributed by atoms with E-state index in [1.807, 2.05) is 0 Å². The summed E-state index contributed by atoms with van der Waals surface area (Å²) >= 11 is 1.03. The molecule has 3 heterocycles. The molecule has 5 rings (SSSR count). The van der Waals surface area contributed by atoms with Gasteiger partial charge in [0.15, 0.2) is 4.80 Å². The lowest BCUT2D eigenvalue weighted by atomic mass is 9.96. The first-order valence-corrected chi connectivity index (χ1v) is 12.6. The number of para-hydroxylation sites is 1. The average molecular weight is 534 g/mol. The minimum atomic E-state index is -1.18. The molecule has 1 aromatic heterocycles. The highest BCUT2D eigenvalue weighted by Crippen LogP contribution is 2.35. The van der Waals surface area contributed by atoms with Crippen molar-refractivity contribution in [1.82, 2.24) is 4.57 Å². The summed E-state index contributed by atoms with van der Waals surface area (Å²) in [4.78, 5) is 58.0. The Morgan fingerprint density at radius 3 is 2.47 bits per heavy atom. The lowest BCUT2D eigenvalue weighted by molar-refractivity contribution is -0.139. The molecule has 0 spiro atoms. The molecule has 3 aromatic rings. The Labute approximate surface area is 220 Å². The van der Waals surface area contributed by atoms with Crippen LogP contribution in [0, 0.1) is 0 Å². The zero-order valence-electron chi connectivity index (χ0n) is 20.8. The fourth-order valence-electron chi connectivity index (χ4n) is 4.74. The van der Waals surface area contributed by atoms with Gasteiger partial charge in [-0.2, -0.15) is 0 Å². The first kappa shape index (κ1) is 25.2. The third-order valence-electron chi connectivity index (χ3n) is 6.37. The Morgan fingerprint density at radius 1 is 1.11 bits per heavy atom. The largest absolute Gasteiger partial charge is 0.497 e. The summed E-state index contributed by atoms with van der Waals surface area (Å²) in [6.45, 7) is 2.97. The van der Waals surface area contributed by atoms with Crippen LogP contribution in [0.3, 0.4) is 0 Å². The van der Waals surface area contributed by atoms with Crippen LogP contribution in [0.15, 0.2) is 69.6 Å². The molecular formula is C27H23N3O7S. The summed E-state index contributed by atoms with van der Waals surface area (Å²) in [5.74, 6) is -1.75. The van der Waals surface area contributed by atoms with Crippen molar-refractivity contribution < 1.29 is 29.0 Å². The molecule has 0 bridgehead atoms. The number of aliphatic carboxylic acids is 1. The van der Waals surface area contributed by atoms with Gasteiger partial charge in [0, 0.05) is 5.56 Å². The molecular weight excluding hydrogens is 510 g/mol. The number of carbonyl (C=O) groups is 3. The number of carbonyl (C=O) groups excluding carboxylic acids is 2. The van der Waals surface area contributed by atoms with E-state index in [0.29, 0.717) is 33.1 Å². The summed E-state index contributed by atoms with van der Waals surface area (Å²) in [5, 5.41) is 9.37. The van der Waals surface area contributed by atoms with Crippen molar-refractivity contribution in [3.8, 4) is 5.75 Å². The molecule has 2 aromatic carbocycles. The molecule has 2 aliphatic rings. The van der Waals surface area contributed by atoms with Gasteiger partial charge in [-0.15, -0.1) is 0 Å². The highest BCUT2D eigenvalue weighted by Gasteiger charge is 2.37. The van der Waals surface area contributed by atoms with Gasteiger partial charge >= 0.3 is 11.9 Å². The maximum absolute atomic E-state index is 14.0. The monoisotopic (exact) mass is 533 g/mol. The van der Waals surface area contributed by atoms with Crippen LogP contribution in [0.1, 0.15) is 31.0 Å². The summed E-state index contributed by atoms with van der Waals surface area (Å²) in [5.41, 5.74) is 1.71. The fraction of sp³-hybridized carbons (Fsp3) is 0.222. The number of thiazole rings is 1. The van der Waals surface area contributed by atoms with Crippen LogP contribution in [0.5, 0.6) is 5.75 Å². The van der Waals surface area contributed by atoms with Gasteiger partial charge in [0.25, 0.3) is 11.5 Å². The fourth-order valence-corrected chi connectivity index (χ4v) is 5.87. The molecule has 11 heteroatoms. The molecule has 38 heavy (non-hydrogen) atoms. The number of methoxy groups -OCH3 is 1. The smallest absolute Gasteiger partial charge is 0.338 e. The molecule has 0 saturated carbocycles. The normalized spacial score (nSPS) is 17.6. The van der Waals surface area contributed by atoms with E-state index in [0.717, 1.165) is 16.2 Å². The van der Waals surface area contributed by atoms with E-state index < -0.39 is 36.0 Å². The molecule has 0 unspecified atom stereocenters. The van der Waals surface area contributed by atoms with Gasteiger partial charge in [0.05, 0.1) is 42.3 Å². The number of rotatable bonds is 6. The Kier molecular flexibility index (Phi) is 6.45. The van der Waals surface area contributed by atoms with Gasteiger partial charge in [-0.05, 0) is 37.6 Å². The van der Waals surface area contributed by atoms with Crippen LogP contribution in [-0.2, 0) is 19.1 Å². The third kappa shape index (κ3) is 4.01. The first-order chi connectivity index (χ1) is 18.3.